The Morgan fingerprint density at radius 3 is 2.96 bits per heavy atom. The van der Waals surface area contributed by atoms with Gasteiger partial charge in [-0.05, 0) is 18.6 Å². The molecule has 3 rings (SSSR count). The number of carbonyl (C=O) groups is 2. The van der Waals surface area contributed by atoms with Crippen molar-refractivity contribution >= 4 is 23.1 Å². The van der Waals surface area contributed by atoms with Crippen LogP contribution < -0.4 is 15.4 Å². The summed E-state index contributed by atoms with van der Waals surface area (Å²) in [6, 6.07) is 10.4. The Bertz CT molecular complexity index is 786. The van der Waals surface area contributed by atoms with Crippen LogP contribution in [0, 0.1) is 0 Å². The second-order valence-corrected chi connectivity index (χ2v) is 5.31. The van der Waals surface area contributed by atoms with Crippen LogP contribution in [0.25, 0.3) is 0 Å². The first-order chi connectivity index (χ1) is 11.0. The van der Waals surface area contributed by atoms with E-state index in [0.717, 1.165) is 5.56 Å². The molecule has 1 aliphatic heterocycles. The molecular weight excluding hydrogens is 296 g/mol. The Hall–Kier alpha value is -3.02. The third kappa shape index (κ3) is 3.26. The van der Waals surface area contributed by atoms with Crippen LogP contribution in [0.4, 0.5) is 11.4 Å². The number of anilines is 2. The summed E-state index contributed by atoms with van der Waals surface area (Å²) in [6.07, 6.45) is 0. The van der Waals surface area contributed by atoms with E-state index in [1.165, 1.54) is 13.0 Å². The fraction of sp³-hybridized carbons (Fsp3) is 0.176. The van der Waals surface area contributed by atoms with Crippen LogP contribution in [-0.4, -0.2) is 23.4 Å². The van der Waals surface area contributed by atoms with Crippen LogP contribution >= 0.6 is 0 Å². The SMILES string of the molecule is CC(=O)c1cccc(CNc2cc3c(cc2O)NC(=O)CO3)c1. The van der Waals surface area contributed by atoms with E-state index < -0.39 is 0 Å². The molecule has 0 saturated carbocycles. The predicted molar refractivity (Wildman–Crippen MR) is 86.0 cm³/mol. The van der Waals surface area contributed by atoms with E-state index in [1.54, 1.807) is 12.1 Å². The molecule has 3 N–H and O–H groups in total. The molecule has 23 heavy (non-hydrogen) atoms. The van der Waals surface area contributed by atoms with Gasteiger partial charge in [-0.3, -0.25) is 9.59 Å². The molecule has 0 fully saturated rings. The third-order valence-electron chi connectivity index (χ3n) is 3.55. The normalized spacial score (nSPS) is 12.8. The quantitative estimate of drug-likeness (QED) is 0.596. The number of phenolic OH excluding ortho intramolecular Hbond substituents is 1. The van der Waals surface area contributed by atoms with Crippen LogP contribution in [0.1, 0.15) is 22.8 Å². The lowest BCUT2D eigenvalue weighted by atomic mass is 10.1. The molecule has 2 aromatic rings. The van der Waals surface area contributed by atoms with E-state index in [0.29, 0.717) is 29.2 Å². The van der Waals surface area contributed by atoms with Gasteiger partial charge in [0.2, 0.25) is 0 Å². The third-order valence-corrected chi connectivity index (χ3v) is 3.55. The summed E-state index contributed by atoms with van der Waals surface area (Å²) in [4.78, 5) is 22.7. The molecule has 118 valence electrons. The molecule has 2 aromatic carbocycles. The number of carbonyl (C=O) groups excluding carboxylic acids is 2. The summed E-state index contributed by atoms with van der Waals surface area (Å²) in [5.74, 6) is 0.269. The van der Waals surface area contributed by atoms with Gasteiger partial charge in [0, 0.05) is 24.2 Å². The van der Waals surface area contributed by atoms with E-state index in [-0.39, 0.29) is 24.0 Å². The van der Waals surface area contributed by atoms with Crippen molar-refractivity contribution in [3.8, 4) is 11.5 Å². The molecule has 1 amide bonds. The highest BCUT2D eigenvalue weighted by atomic mass is 16.5. The molecule has 0 spiro atoms. The lowest BCUT2D eigenvalue weighted by Gasteiger charge is -2.20. The highest BCUT2D eigenvalue weighted by Crippen LogP contribution is 2.37. The zero-order valence-electron chi connectivity index (χ0n) is 12.6. The fourth-order valence-corrected chi connectivity index (χ4v) is 2.35. The fourth-order valence-electron chi connectivity index (χ4n) is 2.35. The van der Waals surface area contributed by atoms with E-state index in [2.05, 4.69) is 10.6 Å². The summed E-state index contributed by atoms with van der Waals surface area (Å²) in [7, 11) is 0. The first-order valence-electron chi connectivity index (χ1n) is 7.16. The van der Waals surface area contributed by atoms with Gasteiger partial charge in [0.1, 0.15) is 11.5 Å². The first-order valence-corrected chi connectivity index (χ1v) is 7.16. The van der Waals surface area contributed by atoms with Crippen molar-refractivity contribution in [2.24, 2.45) is 0 Å². The average molecular weight is 312 g/mol. The second kappa shape index (κ2) is 6.00. The number of rotatable bonds is 4. The number of aromatic hydroxyl groups is 1. The van der Waals surface area contributed by atoms with Gasteiger partial charge in [-0.1, -0.05) is 18.2 Å². The van der Waals surface area contributed by atoms with Crippen molar-refractivity contribution in [2.75, 3.05) is 17.2 Å². The van der Waals surface area contributed by atoms with Crippen molar-refractivity contribution in [2.45, 2.75) is 13.5 Å². The lowest BCUT2D eigenvalue weighted by Crippen LogP contribution is -2.25. The van der Waals surface area contributed by atoms with Gasteiger partial charge in [-0.15, -0.1) is 0 Å². The van der Waals surface area contributed by atoms with Gasteiger partial charge >= 0.3 is 0 Å². The van der Waals surface area contributed by atoms with Crippen molar-refractivity contribution in [3.63, 3.8) is 0 Å². The van der Waals surface area contributed by atoms with Crippen LogP contribution in [-0.2, 0) is 11.3 Å². The van der Waals surface area contributed by atoms with Crippen molar-refractivity contribution in [1.29, 1.82) is 0 Å². The standard InChI is InChI=1S/C17H16N2O4/c1-10(20)12-4-2-3-11(5-12)8-18-13-7-16-14(6-15(13)21)19-17(22)9-23-16/h2-7,18,21H,8-9H2,1H3,(H,19,22). The predicted octanol–water partition coefficient (Wildman–Crippen LogP) is 2.54. The number of hydrogen-bond acceptors (Lipinski definition) is 5. The summed E-state index contributed by atoms with van der Waals surface area (Å²) in [6.45, 7) is 1.92. The summed E-state index contributed by atoms with van der Waals surface area (Å²) in [5.41, 5.74) is 2.50. The summed E-state index contributed by atoms with van der Waals surface area (Å²) < 4.78 is 5.33. The zero-order chi connectivity index (χ0) is 16.4. The first kappa shape index (κ1) is 14.9. The van der Waals surface area contributed by atoms with Crippen LogP contribution in [0.2, 0.25) is 0 Å². The Kier molecular flexibility index (Phi) is 3.89. The summed E-state index contributed by atoms with van der Waals surface area (Å²) in [5, 5.41) is 15.8. The van der Waals surface area contributed by atoms with Crippen molar-refractivity contribution in [1.82, 2.24) is 0 Å². The minimum Gasteiger partial charge on any atom is -0.506 e. The van der Waals surface area contributed by atoms with Gasteiger partial charge in [0.25, 0.3) is 5.91 Å². The molecule has 6 heteroatoms. The largest absolute Gasteiger partial charge is 0.506 e. The molecule has 0 atom stereocenters. The number of hydrogen-bond donors (Lipinski definition) is 3. The van der Waals surface area contributed by atoms with E-state index in [9.17, 15) is 14.7 Å². The van der Waals surface area contributed by atoms with Crippen molar-refractivity contribution < 1.29 is 19.4 Å². The number of Topliss-reactive ketones (excluding diaryl/α,β-unsaturated/α-hetero) is 1. The van der Waals surface area contributed by atoms with Gasteiger partial charge in [-0.2, -0.15) is 0 Å². The van der Waals surface area contributed by atoms with Crippen LogP contribution in [0.5, 0.6) is 11.5 Å². The van der Waals surface area contributed by atoms with E-state index in [4.69, 9.17) is 4.74 Å². The number of fused-ring (bicyclic) bond motifs is 1. The molecular formula is C17H16N2O4. The van der Waals surface area contributed by atoms with Crippen LogP contribution in [0.15, 0.2) is 36.4 Å². The number of benzene rings is 2. The van der Waals surface area contributed by atoms with E-state index in [1.807, 2.05) is 18.2 Å². The highest BCUT2D eigenvalue weighted by Gasteiger charge is 2.18. The minimum atomic E-state index is -0.251. The van der Waals surface area contributed by atoms with Crippen molar-refractivity contribution in [3.05, 3.63) is 47.5 Å². The number of nitrogens with one attached hydrogen (secondary N) is 2. The Labute approximate surface area is 133 Å². The molecule has 0 saturated heterocycles. The smallest absolute Gasteiger partial charge is 0.262 e. The number of ether oxygens (including phenoxy) is 1. The second-order valence-electron chi connectivity index (χ2n) is 5.31. The molecule has 0 unspecified atom stereocenters. The Balaban J connectivity index is 1.77. The van der Waals surface area contributed by atoms with Gasteiger partial charge in [-0.25, -0.2) is 0 Å². The topological polar surface area (TPSA) is 87.7 Å². The molecule has 0 bridgehead atoms. The number of amides is 1. The average Bonchev–Trinajstić information content (AvgIpc) is 2.53. The monoisotopic (exact) mass is 312 g/mol. The van der Waals surface area contributed by atoms with Gasteiger partial charge in [0.15, 0.2) is 12.4 Å². The Morgan fingerprint density at radius 2 is 2.17 bits per heavy atom. The highest BCUT2D eigenvalue weighted by molar-refractivity contribution is 5.96. The summed E-state index contributed by atoms with van der Waals surface area (Å²) >= 11 is 0. The molecule has 0 radical (unpaired) electrons. The molecule has 6 nitrogen and oxygen atoms in total. The maximum absolute atomic E-state index is 11.4. The Morgan fingerprint density at radius 1 is 1.35 bits per heavy atom. The maximum atomic E-state index is 11.4. The zero-order valence-corrected chi connectivity index (χ0v) is 12.6. The molecule has 1 aliphatic rings. The minimum absolute atomic E-state index is 0.00706. The lowest BCUT2D eigenvalue weighted by molar-refractivity contribution is -0.118. The maximum Gasteiger partial charge on any atom is 0.262 e. The molecule has 0 aliphatic carbocycles. The molecule has 0 aromatic heterocycles. The van der Waals surface area contributed by atoms with Gasteiger partial charge in [0.05, 0.1) is 11.4 Å². The number of phenols is 1. The van der Waals surface area contributed by atoms with E-state index >= 15 is 0 Å². The number of ketones is 1. The molecule has 1 heterocycles. The van der Waals surface area contributed by atoms with Gasteiger partial charge < -0.3 is 20.5 Å². The van der Waals surface area contributed by atoms with Crippen LogP contribution in [0.3, 0.4) is 0 Å².